The number of hydrogen-bond donors (Lipinski definition) is 3. The largest absolute Gasteiger partial charge is 0.424 e. The van der Waals surface area contributed by atoms with Crippen molar-refractivity contribution in [2.24, 2.45) is 0 Å². The van der Waals surface area contributed by atoms with Gasteiger partial charge < -0.3 is 9.73 Å². The molecular formula is C21H25FN6O3S. The van der Waals surface area contributed by atoms with Gasteiger partial charge in [-0.25, -0.2) is 17.5 Å². The summed E-state index contributed by atoms with van der Waals surface area (Å²) in [5, 5.41) is 18.7. The first-order valence-electron chi connectivity index (χ1n) is 10.6. The number of aromatic amines is 1. The third kappa shape index (κ3) is 3.69. The highest BCUT2D eigenvalue weighted by atomic mass is 32.2. The zero-order chi connectivity index (χ0) is 22.7. The van der Waals surface area contributed by atoms with Crippen molar-refractivity contribution in [1.82, 2.24) is 25.1 Å². The molecule has 1 aromatic carbocycles. The number of rotatable bonds is 4. The highest BCUT2D eigenvalue weighted by molar-refractivity contribution is 7.89. The van der Waals surface area contributed by atoms with E-state index in [4.69, 9.17) is 4.42 Å². The van der Waals surface area contributed by atoms with Crippen LogP contribution in [0.25, 0.3) is 0 Å². The molecule has 2 aromatic heterocycles. The quantitative estimate of drug-likeness (QED) is 0.540. The lowest BCUT2D eigenvalue weighted by Crippen LogP contribution is -2.13. The Morgan fingerprint density at radius 1 is 1.19 bits per heavy atom. The van der Waals surface area contributed by atoms with Crippen LogP contribution in [0.2, 0.25) is 0 Å². The molecule has 2 aliphatic rings. The number of fused-ring (bicyclic) bond motifs is 1. The third-order valence-electron chi connectivity index (χ3n) is 6.09. The fourth-order valence-corrected chi connectivity index (χ4v) is 5.52. The molecule has 0 amide bonds. The molecule has 1 aliphatic carbocycles. The minimum atomic E-state index is -3.62. The van der Waals surface area contributed by atoms with Crippen LogP contribution in [0.3, 0.4) is 0 Å². The van der Waals surface area contributed by atoms with E-state index in [1.165, 1.54) is 12.1 Å². The van der Waals surface area contributed by atoms with Gasteiger partial charge in [-0.3, -0.25) is 5.10 Å². The number of nitrogens with one attached hydrogen (secondary N) is 3. The van der Waals surface area contributed by atoms with Gasteiger partial charge in [0, 0.05) is 41.1 Å². The molecule has 0 radical (unpaired) electrons. The Morgan fingerprint density at radius 3 is 2.72 bits per heavy atom. The smallest absolute Gasteiger partial charge is 0.241 e. The van der Waals surface area contributed by atoms with E-state index in [1.54, 1.807) is 0 Å². The van der Waals surface area contributed by atoms with Crippen LogP contribution in [0.4, 0.5) is 15.9 Å². The van der Waals surface area contributed by atoms with Gasteiger partial charge in [-0.05, 0) is 31.4 Å². The molecule has 3 aromatic rings. The van der Waals surface area contributed by atoms with Crippen LogP contribution in [0, 0.1) is 5.82 Å². The summed E-state index contributed by atoms with van der Waals surface area (Å²) in [6, 6.07) is 4.69. The van der Waals surface area contributed by atoms with Gasteiger partial charge in [0.05, 0.1) is 10.6 Å². The number of H-pyrrole nitrogens is 1. The molecule has 1 fully saturated rings. The van der Waals surface area contributed by atoms with Crippen LogP contribution in [0.1, 0.15) is 74.9 Å². The van der Waals surface area contributed by atoms with Gasteiger partial charge in [-0.2, -0.15) is 5.10 Å². The van der Waals surface area contributed by atoms with Gasteiger partial charge in [-0.15, -0.1) is 10.2 Å². The Labute approximate surface area is 185 Å². The second kappa shape index (κ2) is 7.38. The fourth-order valence-electron chi connectivity index (χ4n) is 4.30. The van der Waals surface area contributed by atoms with Gasteiger partial charge in [0.2, 0.25) is 21.8 Å². The molecule has 2 atom stereocenters. The topological polar surface area (TPSA) is 126 Å². The van der Waals surface area contributed by atoms with Crippen LogP contribution < -0.4 is 10.0 Å². The Hall–Kier alpha value is -2.79. The molecule has 3 heterocycles. The van der Waals surface area contributed by atoms with Crippen LogP contribution in [0.15, 0.2) is 27.5 Å². The maximum Gasteiger partial charge on any atom is 0.241 e. The van der Waals surface area contributed by atoms with E-state index >= 15 is 0 Å². The summed E-state index contributed by atoms with van der Waals surface area (Å²) in [7, 11) is -3.62. The Kier molecular flexibility index (Phi) is 4.86. The number of hydrogen-bond acceptors (Lipinski definition) is 7. The number of anilines is 2. The first kappa shape index (κ1) is 21.1. The monoisotopic (exact) mass is 460 g/mol. The molecule has 0 spiro atoms. The average molecular weight is 461 g/mol. The van der Waals surface area contributed by atoms with Crippen molar-refractivity contribution < 1.29 is 17.2 Å². The lowest BCUT2D eigenvalue weighted by Gasteiger charge is -2.11. The SMILES string of the molecule is CC(C)(C)c1nnc([C@H]2CC[C@H](c3cc(Nc4ccc5c(c4F)CNS5(=O)=O)n[nH]3)C2)o1. The van der Waals surface area contributed by atoms with Crippen LogP contribution in [0.5, 0.6) is 0 Å². The van der Waals surface area contributed by atoms with Gasteiger partial charge in [0.15, 0.2) is 11.6 Å². The maximum atomic E-state index is 14.8. The second-order valence-electron chi connectivity index (χ2n) is 9.46. The highest BCUT2D eigenvalue weighted by Gasteiger charge is 2.33. The van der Waals surface area contributed by atoms with E-state index in [9.17, 15) is 12.8 Å². The third-order valence-corrected chi connectivity index (χ3v) is 7.58. The van der Waals surface area contributed by atoms with Gasteiger partial charge in [0.1, 0.15) is 0 Å². The average Bonchev–Trinajstić information content (AvgIpc) is 3.49. The molecule has 3 N–H and O–H groups in total. The van der Waals surface area contributed by atoms with Crippen molar-refractivity contribution in [3.8, 4) is 0 Å². The number of halogens is 1. The lowest BCUT2D eigenvalue weighted by molar-refractivity contribution is 0.355. The van der Waals surface area contributed by atoms with Crippen molar-refractivity contribution in [3.63, 3.8) is 0 Å². The zero-order valence-electron chi connectivity index (χ0n) is 18.1. The first-order chi connectivity index (χ1) is 15.1. The van der Waals surface area contributed by atoms with E-state index in [1.807, 2.05) is 26.8 Å². The standard InChI is InChI=1S/C21H25FN6O3S/c1-21(2,3)20-28-27-19(31-20)12-5-4-11(8-12)15-9-17(26-25-15)24-14-6-7-16-13(18(14)22)10-23-32(16,29)30/h6-7,9,11-12,23H,4-5,8,10H2,1-3H3,(H2,24,25,26)/t11-,12-/m0/s1. The van der Waals surface area contributed by atoms with E-state index in [-0.39, 0.29) is 39.9 Å². The molecule has 0 unspecified atom stereocenters. The van der Waals surface area contributed by atoms with Crippen LogP contribution in [-0.4, -0.2) is 28.8 Å². The molecule has 1 aliphatic heterocycles. The second-order valence-corrected chi connectivity index (χ2v) is 11.2. The Morgan fingerprint density at radius 2 is 1.97 bits per heavy atom. The van der Waals surface area contributed by atoms with Crippen molar-refractivity contribution in [2.75, 3.05) is 5.32 Å². The summed E-state index contributed by atoms with van der Waals surface area (Å²) < 4.78 is 46.8. The minimum absolute atomic E-state index is 0.0177. The fraction of sp³-hybridized carbons (Fsp3) is 0.476. The molecule has 0 saturated heterocycles. The molecule has 11 heteroatoms. The molecule has 32 heavy (non-hydrogen) atoms. The number of aromatic nitrogens is 4. The molecule has 1 saturated carbocycles. The summed E-state index contributed by atoms with van der Waals surface area (Å²) in [6.07, 6.45) is 2.76. The van der Waals surface area contributed by atoms with E-state index < -0.39 is 15.8 Å². The summed E-state index contributed by atoms with van der Waals surface area (Å²) in [5.41, 5.74) is 1.10. The summed E-state index contributed by atoms with van der Waals surface area (Å²) >= 11 is 0. The van der Waals surface area contributed by atoms with E-state index in [2.05, 4.69) is 30.4 Å². The maximum absolute atomic E-state index is 14.8. The molecule has 5 rings (SSSR count). The van der Waals surface area contributed by atoms with E-state index in [0.29, 0.717) is 17.6 Å². The predicted molar refractivity (Wildman–Crippen MR) is 115 cm³/mol. The summed E-state index contributed by atoms with van der Waals surface area (Å²) in [5.74, 6) is 1.66. The normalized spacial score (nSPS) is 22.2. The Balaban J connectivity index is 1.29. The number of sulfonamides is 1. The molecular weight excluding hydrogens is 435 g/mol. The molecule has 9 nitrogen and oxygen atoms in total. The summed E-state index contributed by atoms with van der Waals surface area (Å²) in [4.78, 5) is -0.0177. The van der Waals surface area contributed by atoms with Crippen LogP contribution in [-0.2, 0) is 22.0 Å². The molecule has 170 valence electrons. The molecule has 0 bridgehead atoms. The lowest BCUT2D eigenvalue weighted by atomic mass is 9.97. The van der Waals surface area contributed by atoms with Gasteiger partial charge in [0.25, 0.3) is 0 Å². The Bertz CT molecular complexity index is 1280. The van der Waals surface area contributed by atoms with Crippen molar-refractivity contribution in [2.45, 2.75) is 68.7 Å². The predicted octanol–water partition coefficient (Wildman–Crippen LogP) is 3.82. The van der Waals surface area contributed by atoms with Crippen molar-refractivity contribution in [3.05, 3.63) is 47.1 Å². The van der Waals surface area contributed by atoms with Crippen molar-refractivity contribution >= 4 is 21.5 Å². The number of nitrogens with zero attached hydrogens (tertiary/aromatic N) is 3. The summed E-state index contributed by atoms with van der Waals surface area (Å²) in [6.45, 7) is 6.07. The van der Waals surface area contributed by atoms with Gasteiger partial charge in [-0.1, -0.05) is 20.8 Å². The van der Waals surface area contributed by atoms with E-state index in [0.717, 1.165) is 25.0 Å². The zero-order valence-corrected chi connectivity index (χ0v) is 18.9. The first-order valence-corrected chi connectivity index (χ1v) is 12.1. The highest BCUT2D eigenvalue weighted by Crippen LogP contribution is 2.43. The van der Waals surface area contributed by atoms with Gasteiger partial charge >= 0.3 is 0 Å². The van der Waals surface area contributed by atoms with Crippen LogP contribution >= 0.6 is 0 Å². The van der Waals surface area contributed by atoms with Crippen molar-refractivity contribution in [1.29, 1.82) is 0 Å². The number of benzene rings is 1. The minimum Gasteiger partial charge on any atom is -0.424 e.